The Morgan fingerprint density at radius 3 is 2.54 bits per heavy atom. The monoisotopic (exact) mass is 393 g/mol. The predicted molar refractivity (Wildman–Crippen MR) is 108 cm³/mol. The summed E-state index contributed by atoms with van der Waals surface area (Å²) in [4.78, 5) is 28.5. The second-order valence-electron chi connectivity index (χ2n) is 7.12. The number of ether oxygens (including phenoxy) is 1. The van der Waals surface area contributed by atoms with Gasteiger partial charge in [-0.05, 0) is 48.1 Å². The van der Waals surface area contributed by atoms with Gasteiger partial charge in [0.2, 0.25) is 0 Å². The van der Waals surface area contributed by atoms with Crippen LogP contribution in [0.1, 0.15) is 55.6 Å². The van der Waals surface area contributed by atoms with E-state index in [9.17, 15) is 9.59 Å². The zero-order valence-electron chi connectivity index (χ0n) is 15.5. The van der Waals surface area contributed by atoms with Gasteiger partial charge in [-0.3, -0.25) is 4.79 Å². The lowest BCUT2D eigenvalue weighted by Gasteiger charge is -2.22. The smallest absolute Gasteiger partial charge is 0.355 e. The number of nitrogens with one attached hydrogen (secondary N) is 1. The van der Waals surface area contributed by atoms with Gasteiger partial charge in [0.25, 0.3) is 0 Å². The number of halogens is 1. The van der Waals surface area contributed by atoms with Gasteiger partial charge in [-0.1, -0.05) is 54.1 Å². The Kier molecular flexibility index (Phi) is 5.05. The first-order chi connectivity index (χ1) is 13.5. The van der Waals surface area contributed by atoms with Crippen LogP contribution in [0.5, 0.6) is 0 Å². The highest BCUT2D eigenvalue weighted by Crippen LogP contribution is 2.35. The topological polar surface area (TPSA) is 59.2 Å². The summed E-state index contributed by atoms with van der Waals surface area (Å²) >= 11 is 5.97. The maximum Gasteiger partial charge on any atom is 0.355 e. The van der Waals surface area contributed by atoms with Crippen LogP contribution in [-0.4, -0.2) is 16.7 Å². The summed E-state index contributed by atoms with van der Waals surface area (Å²) in [5.74, 6) is -0.313. The Hall–Kier alpha value is -2.85. The Balaban J connectivity index is 1.55. The summed E-state index contributed by atoms with van der Waals surface area (Å²) < 4.78 is 5.44. The number of aromatic amines is 1. The molecule has 0 radical (unpaired) electrons. The van der Waals surface area contributed by atoms with E-state index in [-0.39, 0.29) is 18.3 Å². The molecule has 1 aliphatic carbocycles. The fraction of sp³-hybridized carbons (Fsp3) is 0.217. The third kappa shape index (κ3) is 3.60. The molecule has 142 valence electrons. The van der Waals surface area contributed by atoms with Crippen molar-refractivity contribution in [3.05, 3.63) is 93.3 Å². The Bertz CT molecular complexity index is 1020. The standard InChI is InChI=1S/C23H20ClNO3/c1-14-21-19(11-17(12-20(21)26)16-7-9-18(24)10-8-16)25-22(14)23(27)28-13-15-5-3-2-4-6-15/h2-10,17,25H,11-13H2,1H3/t17-/m1/s1. The van der Waals surface area contributed by atoms with Gasteiger partial charge in [-0.25, -0.2) is 4.79 Å². The van der Waals surface area contributed by atoms with E-state index < -0.39 is 5.97 Å². The lowest BCUT2D eigenvalue weighted by molar-refractivity contribution is 0.0465. The molecule has 5 heteroatoms. The number of hydrogen-bond donors (Lipinski definition) is 1. The van der Waals surface area contributed by atoms with Crippen molar-refractivity contribution in [3.8, 4) is 0 Å². The fourth-order valence-corrected chi connectivity index (χ4v) is 3.93. The average Bonchev–Trinajstić information content (AvgIpc) is 3.04. The van der Waals surface area contributed by atoms with Crippen molar-refractivity contribution in [2.75, 3.05) is 0 Å². The van der Waals surface area contributed by atoms with Gasteiger partial charge in [0.1, 0.15) is 12.3 Å². The molecule has 0 spiro atoms. The van der Waals surface area contributed by atoms with Gasteiger partial charge in [0.15, 0.2) is 5.78 Å². The van der Waals surface area contributed by atoms with Crippen LogP contribution in [0, 0.1) is 6.92 Å². The first-order valence-corrected chi connectivity index (χ1v) is 9.62. The van der Waals surface area contributed by atoms with E-state index >= 15 is 0 Å². The quantitative estimate of drug-likeness (QED) is 0.616. The van der Waals surface area contributed by atoms with E-state index in [1.165, 1.54) is 0 Å². The van der Waals surface area contributed by atoms with Crippen LogP contribution in [0.2, 0.25) is 5.02 Å². The number of carbonyl (C=O) groups is 2. The molecule has 2 aromatic carbocycles. The van der Waals surface area contributed by atoms with E-state index in [0.29, 0.717) is 34.7 Å². The van der Waals surface area contributed by atoms with Crippen LogP contribution < -0.4 is 0 Å². The molecule has 0 bridgehead atoms. The average molecular weight is 394 g/mol. The minimum absolute atomic E-state index is 0.0528. The van der Waals surface area contributed by atoms with E-state index in [0.717, 1.165) is 16.8 Å². The molecule has 1 heterocycles. The number of benzene rings is 2. The number of hydrogen-bond acceptors (Lipinski definition) is 3. The van der Waals surface area contributed by atoms with Crippen LogP contribution >= 0.6 is 11.6 Å². The normalized spacial score (nSPS) is 15.9. The minimum atomic E-state index is -0.438. The molecular weight excluding hydrogens is 374 g/mol. The van der Waals surface area contributed by atoms with Crippen molar-refractivity contribution in [1.29, 1.82) is 0 Å². The summed E-state index contributed by atoms with van der Waals surface area (Å²) in [6.45, 7) is 2.00. The summed E-state index contributed by atoms with van der Waals surface area (Å²) in [7, 11) is 0. The lowest BCUT2D eigenvalue weighted by Crippen LogP contribution is -2.18. The van der Waals surface area contributed by atoms with Crippen LogP contribution in [-0.2, 0) is 17.8 Å². The van der Waals surface area contributed by atoms with Crippen molar-refractivity contribution in [1.82, 2.24) is 4.98 Å². The van der Waals surface area contributed by atoms with E-state index in [2.05, 4.69) is 4.98 Å². The zero-order valence-corrected chi connectivity index (χ0v) is 16.3. The van der Waals surface area contributed by atoms with Crippen molar-refractivity contribution >= 4 is 23.4 Å². The molecule has 3 aromatic rings. The van der Waals surface area contributed by atoms with Crippen LogP contribution in [0.15, 0.2) is 54.6 Å². The number of H-pyrrole nitrogens is 1. The molecule has 1 N–H and O–H groups in total. The summed E-state index contributed by atoms with van der Waals surface area (Å²) in [6, 6.07) is 17.1. The van der Waals surface area contributed by atoms with Gasteiger partial charge in [-0.15, -0.1) is 0 Å². The summed E-state index contributed by atoms with van der Waals surface area (Å²) in [5, 5.41) is 0.672. The fourth-order valence-electron chi connectivity index (χ4n) is 3.80. The van der Waals surface area contributed by atoms with E-state index in [4.69, 9.17) is 16.3 Å². The second kappa shape index (κ2) is 7.64. The Labute approximate surface area is 168 Å². The van der Waals surface area contributed by atoms with Crippen molar-refractivity contribution in [2.24, 2.45) is 0 Å². The molecule has 1 atom stereocenters. The van der Waals surface area contributed by atoms with E-state index in [1.807, 2.05) is 54.6 Å². The Morgan fingerprint density at radius 2 is 1.82 bits per heavy atom. The maximum absolute atomic E-state index is 12.8. The van der Waals surface area contributed by atoms with Gasteiger partial charge in [0, 0.05) is 22.7 Å². The van der Waals surface area contributed by atoms with Gasteiger partial charge in [-0.2, -0.15) is 0 Å². The van der Waals surface area contributed by atoms with Gasteiger partial charge in [0.05, 0.1) is 0 Å². The van der Waals surface area contributed by atoms with E-state index in [1.54, 1.807) is 6.92 Å². The number of ketones is 1. The third-order valence-electron chi connectivity index (χ3n) is 5.25. The number of rotatable bonds is 4. The highest BCUT2D eigenvalue weighted by Gasteiger charge is 2.32. The number of fused-ring (bicyclic) bond motifs is 1. The molecular formula is C23H20ClNO3. The zero-order chi connectivity index (χ0) is 19.7. The van der Waals surface area contributed by atoms with Crippen LogP contribution in [0.25, 0.3) is 0 Å². The first kappa shape index (κ1) is 18.5. The maximum atomic E-state index is 12.8. The summed E-state index contributed by atoms with van der Waals surface area (Å²) in [5.41, 5.74) is 4.48. The molecule has 0 unspecified atom stereocenters. The largest absolute Gasteiger partial charge is 0.456 e. The molecule has 4 nitrogen and oxygen atoms in total. The molecule has 28 heavy (non-hydrogen) atoms. The Morgan fingerprint density at radius 1 is 1.11 bits per heavy atom. The van der Waals surface area contributed by atoms with Crippen LogP contribution in [0.3, 0.4) is 0 Å². The second-order valence-corrected chi connectivity index (χ2v) is 7.56. The molecule has 0 saturated carbocycles. The molecule has 0 aliphatic heterocycles. The predicted octanol–water partition coefficient (Wildman–Crippen LogP) is 5.25. The lowest BCUT2D eigenvalue weighted by atomic mass is 9.81. The minimum Gasteiger partial charge on any atom is -0.456 e. The van der Waals surface area contributed by atoms with Crippen molar-refractivity contribution in [2.45, 2.75) is 32.3 Å². The molecule has 0 saturated heterocycles. The van der Waals surface area contributed by atoms with Crippen molar-refractivity contribution < 1.29 is 14.3 Å². The van der Waals surface area contributed by atoms with Crippen molar-refractivity contribution in [3.63, 3.8) is 0 Å². The molecule has 0 amide bonds. The first-order valence-electron chi connectivity index (χ1n) is 9.24. The van der Waals surface area contributed by atoms with Crippen LogP contribution in [0.4, 0.5) is 0 Å². The highest BCUT2D eigenvalue weighted by molar-refractivity contribution is 6.30. The molecule has 4 rings (SSSR count). The molecule has 1 aromatic heterocycles. The number of esters is 1. The van der Waals surface area contributed by atoms with Gasteiger partial charge < -0.3 is 9.72 Å². The number of Topliss-reactive ketones (excluding diaryl/α,β-unsaturated/α-hetero) is 1. The van der Waals surface area contributed by atoms with Gasteiger partial charge >= 0.3 is 5.97 Å². The molecule has 0 fully saturated rings. The molecule has 1 aliphatic rings. The number of aromatic nitrogens is 1. The SMILES string of the molecule is Cc1c(C(=O)OCc2ccccc2)[nH]c2c1C(=O)C[C@H](c1ccc(Cl)cc1)C2. The third-order valence-corrected chi connectivity index (χ3v) is 5.50. The highest BCUT2D eigenvalue weighted by atomic mass is 35.5. The summed E-state index contributed by atoms with van der Waals surface area (Å²) in [6.07, 6.45) is 1.10. The number of carbonyl (C=O) groups excluding carboxylic acids is 2.